The van der Waals surface area contributed by atoms with E-state index in [-0.39, 0.29) is 6.73 Å². The molecule has 0 amide bonds. The van der Waals surface area contributed by atoms with Crippen molar-refractivity contribution in [1.82, 2.24) is 9.78 Å². The van der Waals surface area contributed by atoms with E-state index in [1.54, 1.807) is 4.68 Å². The van der Waals surface area contributed by atoms with Crippen molar-refractivity contribution in [2.45, 2.75) is 13.7 Å². The van der Waals surface area contributed by atoms with Crippen LogP contribution in [0.3, 0.4) is 0 Å². The molecule has 0 fully saturated rings. The lowest BCUT2D eigenvalue weighted by atomic mass is 10.1. The maximum absolute atomic E-state index is 9.12. The average Bonchev–Trinajstić information content (AvgIpc) is 2.61. The van der Waals surface area contributed by atoms with Crippen molar-refractivity contribution in [3.63, 3.8) is 0 Å². The first-order valence-corrected chi connectivity index (χ1v) is 5.00. The van der Waals surface area contributed by atoms with Gasteiger partial charge < -0.3 is 5.11 Å². The summed E-state index contributed by atoms with van der Waals surface area (Å²) < 4.78 is 1.55. The number of aliphatic hydroxyl groups is 1. The molecule has 0 aliphatic heterocycles. The van der Waals surface area contributed by atoms with Gasteiger partial charge in [-0.25, -0.2) is 4.68 Å². The fraction of sp³-hybridized carbons (Fsp3) is 0.182. The summed E-state index contributed by atoms with van der Waals surface area (Å²) in [6.07, 6.45) is 0. The summed E-state index contributed by atoms with van der Waals surface area (Å²) in [4.78, 5) is 0. The van der Waals surface area contributed by atoms with E-state index in [9.17, 15) is 0 Å². The molecular weight excluding hydrogens is 212 g/mol. The Balaban J connectivity index is 2.48. The normalized spacial score (nSPS) is 10.6. The molecule has 4 heteroatoms. The quantitative estimate of drug-likeness (QED) is 0.848. The Hall–Kier alpha value is -1.32. The van der Waals surface area contributed by atoms with Crippen molar-refractivity contribution in [3.8, 4) is 11.3 Å². The number of hydrogen-bond acceptors (Lipinski definition) is 2. The number of benzene rings is 1. The van der Waals surface area contributed by atoms with Gasteiger partial charge in [-0.3, -0.25) is 0 Å². The summed E-state index contributed by atoms with van der Waals surface area (Å²) in [6.45, 7) is 1.78. The Morgan fingerprint density at radius 2 is 2.00 bits per heavy atom. The average molecular weight is 223 g/mol. The van der Waals surface area contributed by atoms with Gasteiger partial charge in [-0.05, 0) is 25.1 Å². The summed E-state index contributed by atoms with van der Waals surface area (Å²) in [5.41, 5.74) is 2.77. The zero-order valence-corrected chi connectivity index (χ0v) is 9.07. The van der Waals surface area contributed by atoms with Crippen molar-refractivity contribution >= 4 is 11.6 Å². The zero-order valence-electron chi connectivity index (χ0n) is 8.31. The van der Waals surface area contributed by atoms with Gasteiger partial charge in [0.2, 0.25) is 0 Å². The lowest BCUT2D eigenvalue weighted by molar-refractivity contribution is 0.197. The standard InChI is InChI=1S/C11H11ClN2O/c1-8-6-11(14(7-15)13-8)9-2-4-10(12)5-3-9/h2-6,15H,7H2,1H3. The van der Waals surface area contributed by atoms with Crippen LogP contribution in [0.25, 0.3) is 11.3 Å². The molecule has 0 saturated heterocycles. The lowest BCUT2D eigenvalue weighted by Crippen LogP contribution is -2.01. The fourth-order valence-corrected chi connectivity index (χ4v) is 1.63. The molecule has 1 aromatic heterocycles. The smallest absolute Gasteiger partial charge is 0.136 e. The van der Waals surface area contributed by atoms with E-state index in [1.807, 2.05) is 37.3 Å². The van der Waals surface area contributed by atoms with Gasteiger partial charge in [0, 0.05) is 10.6 Å². The summed E-state index contributed by atoms with van der Waals surface area (Å²) in [6, 6.07) is 9.39. The Kier molecular flexibility index (Phi) is 2.75. The van der Waals surface area contributed by atoms with Crippen LogP contribution in [-0.4, -0.2) is 14.9 Å². The molecule has 0 atom stereocenters. The van der Waals surface area contributed by atoms with Crippen molar-refractivity contribution in [1.29, 1.82) is 0 Å². The first-order chi connectivity index (χ1) is 7.20. The Morgan fingerprint density at radius 3 is 2.60 bits per heavy atom. The molecule has 3 nitrogen and oxygen atoms in total. The number of aliphatic hydroxyl groups excluding tert-OH is 1. The molecule has 1 heterocycles. The summed E-state index contributed by atoms with van der Waals surface area (Å²) in [7, 11) is 0. The second-order valence-corrected chi connectivity index (χ2v) is 3.76. The number of aromatic nitrogens is 2. The van der Waals surface area contributed by atoms with Crippen LogP contribution >= 0.6 is 11.6 Å². The van der Waals surface area contributed by atoms with Crippen LogP contribution in [0.1, 0.15) is 5.69 Å². The van der Waals surface area contributed by atoms with Gasteiger partial charge in [0.05, 0.1) is 11.4 Å². The van der Waals surface area contributed by atoms with Crippen LogP contribution in [0.15, 0.2) is 30.3 Å². The number of hydrogen-bond donors (Lipinski definition) is 1. The molecule has 0 aliphatic carbocycles. The highest BCUT2D eigenvalue weighted by molar-refractivity contribution is 6.30. The lowest BCUT2D eigenvalue weighted by Gasteiger charge is -2.03. The van der Waals surface area contributed by atoms with E-state index in [0.29, 0.717) is 5.02 Å². The fourth-order valence-electron chi connectivity index (χ4n) is 1.51. The maximum atomic E-state index is 9.12. The highest BCUT2D eigenvalue weighted by Gasteiger charge is 2.06. The molecule has 2 rings (SSSR count). The molecule has 1 aromatic carbocycles. The van der Waals surface area contributed by atoms with Gasteiger partial charge in [-0.15, -0.1) is 0 Å². The van der Waals surface area contributed by atoms with Crippen LogP contribution in [0.5, 0.6) is 0 Å². The molecule has 0 aliphatic rings. The van der Waals surface area contributed by atoms with Gasteiger partial charge in [0.1, 0.15) is 6.73 Å². The molecule has 2 aromatic rings. The number of aryl methyl sites for hydroxylation is 1. The molecule has 0 spiro atoms. The first kappa shape index (κ1) is 10.2. The molecular formula is C11H11ClN2O. The van der Waals surface area contributed by atoms with Gasteiger partial charge in [0.15, 0.2) is 0 Å². The molecule has 0 radical (unpaired) electrons. The number of nitrogens with zero attached hydrogens (tertiary/aromatic N) is 2. The number of halogens is 1. The first-order valence-electron chi connectivity index (χ1n) is 4.62. The van der Waals surface area contributed by atoms with Crippen molar-refractivity contribution in [2.75, 3.05) is 0 Å². The van der Waals surface area contributed by atoms with Crippen LogP contribution in [0, 0.1) is 6.92 Å². The Labute approximate surface area is 92.9 Å². The molecule has 0 bridgehead atoms. The van der Waals surface area contributed by atoms with Crippen LogP contribution < -0.4 is 0 Å². The third-order valence-corrected chi connectivity index (χ3v) is 2.43. The van der Waals surface area contributed by atoms with Gasteiger partial charge in [-0.2, -0.15) is 5.10 Å². The Morgan fingerprint density at radius 1 is 1.33 bits per heavy atom. The third-order valence-electron chi connectivity index (χ3n) is 2.18. The minimum absolute atomic E-state index is 0.119. The SMILES string of the molecule is Cc1cc(-c2ccc(Cl)cc2)n(CO)n1. The molecule has 78 valence electrons. The highest BCUT2D eigenvalue weighted by Crippen LogP contribution is 2.22. The minimum Gasteiger partial charge on any atom is -0.374 e. The minimum atomic E-state index is -0.119. The maximum Gasteiger partial charge on any atom is 0.136 e. The number of rotatable bonds is 2. The predicted octanol–water partition coefficient (Wildman–Crippen LogP) is 2.46. The predicted molar refractivity (Wildman–Crippen MR) is 59.6 cm³/mol. The van der Waals surface area contributed by atoms with Crippen molar-refractivity contribution in [3.05, 3.63) is 41.0 Å². The highest BCUT2D eigenvalue weighted by atomic mass is 35.5. The second kappa shape index (κ2) is 4.04. The zero-order chi connectivity index (χ0) is 10.8. The van der Waals surface area contributed by atoms with Crippen molar-refractivity contribution in [2.24, 2.45) is 0 Å². The van der Waals surface area contributed by atoms with Crippen molar-refractivity contribution < 1.29 is 5.11 Å². The molecule has 1 N–H and O–H groups in total. The van der Waals surface area contributed by atoms with Crippen LogP contribution in [-0.2, 0) is 6.73 Å². The van der Waals surface area contributed by atoms with E-state index < -0.39 is 0 Å². The van der Waals surface area contributed by atoms with Gasteiger partial charge in [-0.1, -0.05) is 23.7 Å². The monoisotopic (exact) mass is 222 g/mol. The van der Waals surface area contributed by atoms with Gasteiger partial charge >= 0.3 is 0 Å². The van der Waals surface area contributed by atoms with E-state index in [4.69, 9.17) is 16.7 Å². The largest absolute Gasteiger partial charge is 0.374 e. The van der Waals surface area contributed by atoms with Gasteiger partial charge in [0.25, 0.3) is 0 Å². The Bertz CT molecular complexity index is 462. The van der Waals surface area contributed by atoms with Crippen LogP contribution in [0.4, 0.5) is 0 Å². The topological polar surface area (TPSA) is 38.0 Å². The van der Waals surface area contributed by atoms with E-state index in [0.717, 1.165) is 17.0 Å². The summed E-state index contributed by atoms with van der Waals surface area (Å²) >= 11 is 5.81. The molecule has 0 saturated carbocycles. The summed E-state index contributed by atoms with van der Waals surface area (Å²) in [5, 5.41) is 14.0. The van der Waals surface area contributed by atoms with E-state index >= 15 is 0 Å². The molecule has 15 heavy (non-hydrogen) atoms. The van der Waals surface area contributed by atoms with E-state index in [2.05, 4.69) is 5.10 Å². The third kappa shape index (κ3) is 2.03. The van der Waals surface area contributed by atoms with Crippen LogP contribution in [0.2, 0.25) is 5.02 Å². The second-order valence-electron chi connectivity index (χ2n) is 3.32. The summed E-state index contributed by atoms with van der Waals surface area (Å²) in [5.74, 6) is 0. The molecule has 0 unspecified atom stereocenters. The van der Waals surface area contributed by atoms with E-state index in [1.165, 1.54) is 0 Å².